The van der Waals surface area contributed by atoms with Gasteiger partial charge in [-0.1, -0.05) is 24.3 Å². The molecule has 1 fully saturated rings. The molecule has 0 aromatic heterocycles. The molecule has 0 radical (unpaired) electrons. The molecule has 2 heteroatoms. The lowest BCUT2D eigenvalue weighted by Gasteiger charge is -2.45. The Bertz CT molecular complexity index is 377. The Labute approximate surface area is 90.3 Å². The average Bonchev–Trinajstić information content (AvgIpc) is 2.28. The molecule has 2 nitrogen and oxygen atoms in total. The van der Waals surface area contributed by atoms with Crippen molar-refractivity contribution in [2.45, 2.75) is 37.3 Å². The molecule has 1 aromatic rings. The average molecular weight is 203 g/mol. The SMILES string of the molecule is O[C@@]12CCCN[C@@H]1c1ccccc1CC2. The van der Waals surface area contributed by atoms with Crippen molar-refractivity contribution in [3.05, 3.63) is 35.4 Å². The summed E-state index contributed by atoms with van der Waals surface area (Å²) in [4.78, 5) is 0. The summed E-state index contributed by atoms with van der Waals surface area (Å²) in [5, 5.41) is 14.0. The number of piperidine rings is 1. The smallest absolute Gasteiger partial charge is 0.0845 e. The summed E-state index contributed by atoms with van der Waals surface area (Å²) < 4.78 is 0. The summed E-state index contributed by atoms with van der Waals surface area (Å²) in [6.07, 6.45) is 3.96. The molecule has 1 aromatic carbocycles. The predicted molar refractivity (Wildman–Crippen MR) is 59.7 cm³/mol. The van der Waals surface area contributed by atoms with Crippen molar-refractivity contribution in [1.82, 2.24) is 5.32 Å². The van der Waals surface area contributed by atoms with Gasteiger partial charge in [0.1, 0.15) is 0 Å². The Morgan fingerprint density at radius 3 is 3.07 bits per heavy atom. The van der Waals surface area contributed by atoms with Crippen molar-refractivity contribution < 1.29 is 5.11 Å². The number of rotatable bonds is 0. The van der Waals surface area contributed by atoms with E-state index in [1.165, 1.54) is 11.1 Å². The molecule has 0 spiro atoms. The van der Waals surface area contributed by atoms with E-state index in [9.17, 15) is 5.11 Å². The van der Waals surface area contributed by atoms with Crippen molar-refractivity contribution in [2.24, 2.45) is 0 Å². The number of fused-ring (bicyclic) bond motifs is 3. The molecule has 0 amide bonds. The molecular formula is C13H17NO. The fourth-order valence-electron chi connectivity index (χ4n) is 3.04. The number of hydrogen-bond acceptors (Lipinski definition) is 2. The van der Waals surface area contributed by atoms with E-state index in [1.807, 2.05) is 0 Å². The van der Waals surface area contributed by atoms with Crippen molar-refractivity contribution in [2.75, 3.05) is 6.54 Å². The minimum Gasteiger partial charge on any atom is -0.388 e. The maximum atomic E-state index is 10.6. The second kappa shape index (κ2) is 3.32. The number of aryl methyl sites for hydroxylation is 1. The topological polar surface area (TPSA) is 32.3 Å². The van der Waals surface area contributed by atoms with Crippen molar-refractivity contribution in [3.8, 4) is 0 Å². The van der Waals surface area contributed by atoms with E-state index in [2.05, 4.69) is 29.6 Å². The molecule has 1 heterocycles. The van der Waals surface area contributed by atoms with Crippen LogP contribution in [0.2, 0.25) is 0 Å². The Morgan fingerprint density at radius 1 is 1.27 bits per heavy atom. The molecule has 15 heavy (non-hydrogen) atoms. The summed E-state index contributed by atoms with van der Waals surface area (Å²) >= 11 is 0. The molecule has 80 valence electrons. The highest BCUT2D eigenvalue weighted by Gasteiger charge is 2.42. The molecule has 2 atom stereocenters. The van der Waals surface area contributed by atoms with Crippen LogP contribution < -0.4 is 5.32 Å². The fourth-order valence-corrected chi connectivity index (χ4v) is 3.04. The third-order valence-corrected chi connectivity index (χ3v) is 3.87. The summed E-state index contributed by atoms with van der Waals surface area (Å²) in [6, 6.07) is 8.66. The third kappa shape index (κ3) is 1.40. The Kier molecular flexibility index (Phi) is 2.08. The first kappa shape index (κ1) is 9.37. The minimum atomic E-state index is -0.493. The van der Waals surface area contributed by atoms with Gasteiger partial charge < -0.3 is 10.4 Å². The zero-order chi connectivity index (χ0) is 10.3. The Hall–Kier alpha value is -0.860. The maximum absolute atomic E-state index is 10.6. The molecular weight excluding hydrogens is 186 g/mol. The van der Waals surface area contributed by atoms with E-state index in [0.29, 0.717) is 0 Å². The molecule has 1 aliphatic heterocycles. The first-order valence-corrected chi connectivity index (χ1v) is 5.83. The molecule has 3 rings (SSSR count). The lowest BCUT2D eigenvalue weighted by atomic mass is 9.72. The normalized spacial score (nSPS) is 34.3. The summed E-state index contributed by atoms with van der Waals surface area (Å²) in [6.45, 7) is 1.03. The van der Waals surface area contributed by atoms with Crippen LogP contribution in [0.5, 0.6) is 0 Å². The number of benzene rings is 1. The van der Waals surface area contributed by atoms with Crippen LogP contribution in [0.25, 0.3) is 0 Å². The lowest BCUT2D eigenvalue weighted by Crippen LogP contribution is -2.51. The van der Waals surface area contributed by atoms with Gasteiger partial charge in [0.05, 0.1) is 11.6 Å². The van der Waals surface area contributed by atoms with Crippen LogP contribution in [0, 0.1) is 0 Å². The molecule has 0 saturated carbocycles. The highest BCUT2D eigenvalue weighted by atomic mass is 16.3. The summed E-state index contributed by atoms with van der Waals surface area (Å²) in [7, 11) is 0. The molecule has 1 saturated heterocycles. The van der Waals surface area contributed by atoms with Crippen LogP contribution in [-0.4, -0.2) is 17.3 Å². The first-order chi connectivity index (χ1) is 7.30. The van der Waals surface area contributed by atoms with E-state index < -0.39 is 5.60 Å². The minimum absolute atomic E-state index is 0.163. The van der Waals surface area contributed by atoms with E-state index in [-0.39, 0.29) is 6.04 Å². The van der Waals surface area contributed by atoms with Crippen LogP contribution in [0.1, 0.15) is 36.4 Å². The van der Waals surface area contributed by atoms with Gasteiger partial charge >= 0.3 is 0 Å². The van der Waals surface area contributed by atoms with Crippen molar-refractivity contribution in [3.63, 3.8) is 0 Å². The maximum Gasteiger partial charge on any atom is 0.0845 e. The fraction of sp³-hybridized carbons (Fsp3) is 0.538. The van der Waals surface area contributed by atoms with Crippen LogP contribution in [0.3, 0.4) is 0 Å². The molecule has 0 unspecified atom stereocenters. The zero-order valence-corrected chi connectivity index (χ0v) is 8.87. The highest BCUT2D eigenvalue weighted by molar-refractivity contribution is 5.35. The Morgan fingerprint density at radius 2 is 2.13 bits per heavy atom. The van der Waals surface area contributed by atoms with Crippen LogP contribution in [0.15, 0.2) is 24.3 Å². The summed E-state index contributed by atoms with van der Waals surface area (Å²) in [5.74, 6) is 0. The van der Waals surface area contributed by atoms with Crippen molar-refractivity contribution in [1.29, 1.82) is 0 Å². The monoisotopic (exact) mass is 203 g/mol. The van der Waals surface area contributed by atoms with Gasteiger partial charge in [0.15, 0.2) is 0 Å². The molecule has 2 N–H and O–H groups in total. The van der Waals surface area contributed by atoms with E-state index in [0.717, 1.165) is 32.2 Å². The largest absolute Gasteiger partial charge is 0.388 e. The Balaban J connectivity index is 2.05. The van der Waals surface area contributed by atoms with Crippen molar-refractivity contribution >= 4 is 0 Å². The van der Waals surface area contributed by atoms with Gasteiger partial charge in [0.25, 0.3) is 0 Å². The molecule has 1 aliphatic carbocycles. The second-order valence-corrected chi connectivity index (χ2v) is 4.79. The van der Waals surface area contributed by atoms with Gasteiger partial charge in [-0.15, -0.1) is 0 Å². The summed E-state index contributed by atoms with van der Waals surface area (Å²) in [5.41, 5.74) is 2.22. The standard InChI is InChI=1S/C13H17NO/c15-13-7-3-9-14-12(13)11-5-2-1-4-10(11)6-8-13/h1-2,4-5,12,14-15H,3,6-9H2/t12-,13-/m1/s1. The number of nitrogens with one attached hydrogen (secondary N) is 1. The van der Waals surface area contributed by atoms with E-state index in [1.54, 1.807) is 0 Å². The predicted octanol–water partition coefficient (Wildman–Crippen LogP) is 1.79. The van der Waals surface area contributed by atoms with Crippen LogP contribution >= 0.6 is 0 Å². The van der Waals surface area contributed by atoms with Gasteiger partial charge in [-0.25, -0.2) is 0 Å². The number of hydrogen-bond donors (Lipinski definition) is 2. The van der Waals surface area contributed by atoms with Gasteiger partial charge in [-0.3, -0.25) is 0 Å². The number of aliphatic hydroxyl groups is 1. The van der Waals surface area contributed by atoms with Gasteiger partial charge in [0.2, 0.25) is 0 Å². The zero-order valence-electron chi connectivity index (χ0n) is 8.87. The van der Waals surface area contributed by atoms with Gasteiger partial charge in [-0.05, 0) is 43.4 Å². The highest BCUT2D eigenvalue weighted by Crippen LogP contribution is 2.41. The van der Waals surface area contributed by atoms with Crippen LogP contribution in [-0.2, 0) is 6.42 Å². The first-order valence-electron chi connectivity index (χ1n) is 5.83. The quantitative estimate of drug-likeness (QED) is 0.673. The molecule has 0 bridgehead atoms. The molecule has 2 aliphatic rings. The second-order valence-electron chi connectivity index (χ2n) is 4.79. The third-order valence-electron chi connectivity index (χ3n) is 3.87. The van der Waals surface area contributed by atoms with Gasteiger partial charge in [0, 0.05) is 0 Å². The van der Waals surface area contributed by atoms with Crippen LogP contribution in [0.4, 0.5) is 0 Å². The van der Waals surface area contributed by atoms with E-state index >= 15 is 0 Å². The lowest BCUT2D eigenvalue weighted by molar-refractivity contribution is -0.0374. The van der Waals surface area contributed by atoms with Gasteiger partial charge in [-0.2, -0.15) is 0 Å². The van der Waals surface area contributed by atoms with E-state index in [4.69, 9.17) is 0 Å².